The zero-order valence-electron chi connectivity index (χ0n) is 15.3. The normalized spacial score (nSPS) is 29.6. The second-order valence-corrected chi connectivity index (χ2v) is 8.22. The Hall–Kier alpha value is -2.23. The Morgan fingerprint density at radius 3 is 2.45 bits per heavy atom. The minimum Gasteiger partial charge on any atom is -0.422 e. The molecule has 0 aromatic heterocycles. The quantitative estimate of drug-likeness (QED) is 0.280. The van der Waals surface area contributed by atoms with E-state index in [0.717, 1.165) is 18.7 Å². The van der Waals surface area contributed by atoms with Crippen LogP contribution < -0.4 is 4.90 Å². The fraction of sp³-hybridized carbons (Fsp3) is 0.368. The topological polar surface area (TPSA) is 99.2 Å². The van der Waals surface area contributed by atoms with E-state index in [1.807, 2.05) is 0 Å². The summed E-state index contributed by atoms with van der Waals surface area (Å²) in [5.41, 5.74) is -1.26. The van der Waals surface area contributed by atoms with Crippen LogP contribution in [0.2, 0.25) is 5.02 Å². The molecule has 29 heavy (non-hydrogen) atoms. The van der Waals surface area contributed by atoms with Gasteiger partial charge in [0.05, 0.1) is 28.6 Å². The lowest BCUT2D eigenvalue weighted by atomic mass is 9.76. The molecule has 4 atom stereocenters. The smallest absolute Gasteiger partial charge is 0.305 e. The van der Waals surface area contributed by atoms with Crippen molar-refractivity contribution in [2.45, 2.75) is 31.8 Å². The van der Waals surface area contributed by atoms with Crippen LogP contribution in [-0.4, -0.2) is 41.7 Å². The number of carbonyl (C=O) groups excluding carboxylic acids is 4. The Labute approximate surface area is 178 Å². The molecule has 1 aromatic carbocycles. The largest absolute Gasteiger partial charge is 0.422 e. The van der Waals surface area contributed by atoms with Crippen molar-refractivity contribution in [1.82, 2.24) is 0 Å². The highest BCUT2D eigenvalue weighted by atomic mass is 79.9. The van der Waals surface area contributed by atoms with E-state index in [2.05, 4.69) is 15.9 Å². The van der Waals surface area contributed by atoms with Crippen LogP contribution in [0.5, 0.6) is 0 Å². The lowest BCUT2D eigenvalue weighted by Gasteiger charge is -2.34. The Morgan fingerprint density at radius 2 is 1.86 bits per heavy atom. The molecule has 10 heteroatoms. The van der Waals surface area contributed by atoms with E-state index in [1.54, 1.807) is 18.2 Å². The van der Waals surface area contributed by atoms with E-state index >= 15 is 0 Å². The standard InChI is InChI=1S/C19H15BrClNO7/c1-8(23)27-18(28-9(2)24)19-6-5-13(29-19)14-15(19)17(26)22(16(14)25)10-3-4-11(20)12(21)7-10/h3-7,13-15,18H,1-2H3/t13-,14+,15+,19+/m1/s1. The zero-order valence-corrected chi connectivity index (χ0v) is 17.6. The van der Waals surface area contributed by atoms with Gasteiger partial charge in [-0.05, 0) is 40.2 Å². The Bertz CT molecular complexity index is 963. The monoisotopic (exact) mass is 483 g/mol. The number of hydrogen-bond donors (Lipinski definition) is 0. The summed E-state index contributed by atoms with van der Waals surface area (Å²) in [5.74, 6) is -4.29. The number of amides is 2. The molecule has 1 aromatic rings. The summed E-state index contributed by atoms with van der Waals surface area (Å²) in [4.78, 5) is 50.6. The van der Waals surface area contributed by atoms with E-state index in [0.29, 0.717) is 15.2 Å². The van der Waals surface area contributed by atoms with Crippen molar-refractivity contribution in [3.8, 4) is 0 Å². The molecule has 2 amide bonds. The van der Waals surface area contributed by atoms with Crippen molar-refractivity contribution in [2.24, 2.45) is 11.8 Å². The van der Waals surface area contributed by atoms with E-state index in [1.165, 1.54) is 12.1 Å². The van der Waals surface area contributed by atoms with Gasteiger partial charge in [0.25, 0.3) is 6.29 Å². The van der Waals surface area contributed by atoms with Crippen LogP contribution in [0.3, 0.4) is 0 Å². The van der Waals surface area contributed by atoms with Crippen molar-refractivity contribution in [3.63, 3.8) is 0 Å². The molecule has 2 saturated heterocycles. The van der Waals surface area contributed by atoms with Crippen LogP contribution in [0.4, 0.5) is 5.69 Å². The van der Waals surface area contributed by atoms with Crippen LogP contribution in [0, 0.1) is 11.8 Å². The third kappa shape index (κ3) is 2.99. The number of nitrogens with zero attached hydrogens (tertiary/aromatic N) is 1. The molecule has 4 rings (SSSR count). The van der Waals surface area contributed by atoms with Gasteiger partial charge in [-0.2, -0.15) is 0 Å². The average molecular weight is 485 g/mol. The molecule has 0 radical (unpaired) electrons. The molecule has 3 heterocycles. The van der Waals surface area contributed by atoms with Crippen LogP contribution in [-0.2, 0) is 33.4 Å². The Balaban J connectivity index is 1.75. The van der Waals surface area contributed by atoms with Gasteiger partial charge in [-0.25, -0.2) is 4.90 Å². The van der Waals surface area contributed by atoms with Crippen LogP contribution in [0.25, 0.3) is 0 Å². The van der Waals surface area contributed by atoms with Gasteiger partial charge in [-0.3, -0.25) is 19.2 Å². The number of ether oxygens (including phenoxy) is 3. The van der Waals surface area contributed by atoms with Crippen molar-refractivity contribution < 1.29 is 33.4 Å². The third-order valence-electron chi connectivity index (χ3n) is 5.15. The summed E-state index contributed by atoms with van der Waals surface area (Å²) in [7, 11) is 0. The minimum atomic E-state index is -1.58. The van der Waals surface area contributed by atoms with Gasteiger partial charge in [-0.15, -0.1) is 0 Å². The first-order valence-corrected chi connectivity index (χ1v) is 9.87. The summed E-state index contributed by atoms with van der Waals surface area (Å²) in [6.45, 7) is 2.29. The highest BCUT2D eigenvalue weighted by Gasteiger charge is 2.72. The molecule has 3 aliphatic rings. The van der Waals surface area contributed by atoms with Gasteiger partial charge in [-0.1, -0.05) is 17.7 Å². The van der Waals surface area contributed by atoms with Crippen molar-refractivity contribution >= 4 is 57.0 Å². The van der Waals surface area contributed by atoms with Gasteiger partial charge in [0.1, 0.15) is 0 Å². The number of hydrogen-bond acceptors (Lipinski definition) is 7. The fourth-order valence-corrected chi connectivity index (χ4v) is 4.52. The highest BCUT2D eigenvalue weighted by Crippen LogP contribution is 2.54. The molecule has 0 saturated carbocycles. The number of imide groups is 1. The van der Waals surface area contributed by atoms with Crippen LogP contribution in [0.15, 0.2) is 34.8 Å². The SMILES string of the molecule is CC(=O)OC(OC(C)=O)[C@@]12C=C[C@@H](O1)[C@@H]1C(=O)N(c3ccc(Br)c(Cl)c3)C(=O)[C@H]12. The zero-order chi connectivity index (χ0) is 21.1. The molecule has 152 valence electrons. The number of fused-ring (bicyclic) bond motifs is 5. The lowest BCUT2D eigenvalue weighted by molar-refractivity contribution is -0.226. The minimum absolute atomic E-state index is 0.314. The number of halogens is 2. The molecule has 0 unspecified atom stereocenters. The molecule has 0 N–H and O–H groups in total. The molecular weight excluding hydrogens is 470 g/mol. The predicted octanol–water partition coefficient (Wildman–Crippen LogP) is 2.37. The summed E-state index contributed by atoms with van der Waals surface area (Å²) in [5, 5.41) is 0.338. The van der Waals surface area contributed by atoms with Crippen molar-refractivity contribution in [1.29, 1.82) is 0 Å². The van der Waals surface area contributed by atoms with Crippen LogP contribution in [0.1, 0.15) is 13.8 Å². The Morgan fingerprint density at radius 1 is 1.21 bits per heavy atom. The number of benzene rings is 1. The van der Waals surface area contributed by atoms with E-state index < -0.39 is 53.6 Å². The van der Waals surface area contributed by atoms with Crippen LogP contribution >= 0.6 is 27.5 Å². The van der Waals surface area contributed by atoms with E-state index in [-0.39, 0.29) is 0 Å². The van der Waals surface area contributed by atoms with Crippen molar-refractivity contribution in [2.75, 3.05) is 4.90 Å². The molecule has 2 bridgehead atoms. The summed E-state index contributed by atoms with van der Waals surface area (Å²) in [6.07, 6.45) is 0.933. The third-order valence-corrected chi connectivity index (χ3v) is 6.39. The number of carbonyl (C=O) groups is 4. The average Bonchev–Trinajstić information content (AvgIpc) is 3.28. The summed E-state index contributed by atoms with van der Waals surface area (Å²) in [6, 6.07) is 4.72. The first-order chi connectivity index (χ1) is 13.7. The van der Waals surface area contributed by atoms with Gasteiger partial charge in [0.2, 0.25) is 11.8 Å². The molecule has 2 fully saturated rings. The number of esters is 2. The highest BCUT2D eigenvalue weighted by molar-refractivity contribution is 9.10. The first kappa shape index (κ1) is 20.1. The molecule has 3 aliphatic heterocycles. The summed E-state index contributed by atoms with van der Waals surface area (Å²) < 4.78 is 16.8. The molecular formula is C19H15BrClNO7. The second-order valence-electron chi connectivity index (χ2n) is 6.96. The van der Waals surface area contributed by atoms with Gasteiger partial charge < -0.3 is 14.2 Å². The second kappa shape index (κ2) is 6.93. The molecule has 0 spiro atoms. The maximum Gasteiger partial charge on any atom is 0.305 e. The molecule has 0 aliphatic carbocycles. The fourth-order valence-electron chi connectivity index (χ4n) is 4.10. The Kier molecular flexibility index (Phi) is 4.79. The maximum absolute atomic E-state index is 13.3. The number of anilines is 1. The number of rotatable bonds is 4. The molecule has 8 nitrogen and oxygen atoms in total. The van der Waals surface area contributed by atoms with E-state index in [9.17, 15) is 19.2 Å². The van der Waals surface area contributed by atoms with Gasteiger partial charge >= 0.3 is 11.9 Å². The van der Waals surface area contributed by atoms with Crippen molar-refractivity contribution in [3.05, 3.63) is 39.8 Å². The van der Waals surface area contributed by atoms with Gasteiger partial charge in [0, 0.05) is 18.3 Å². The van der Waals surface area contributed by atoms with E-state index in [4.69, 9.17) is 25.8 Å². The lowest BCUT2D eigenvalue weighted by Crippen LogP contribution is -2.52. The summed E-state index contributed by atoms with van der Waals surface area (Å²) >= 11 is 9.39. The predicted molar refractivity (Wildman–Crippen MR) is 103 cm³/mol. The maximum atomic E-state index is 13.3. The van der Waals surface area contributed by atoms with Gasteiger partial charge in [0.15, 0.2) is 5.60 Å². The first-order valence-electron chi connectivity index (χ1n) is 8.70.